The first-order chi connectivity index (χ1) is 7.48. The molecule has 0 N–H and O–H groups in total. The SMILES string of the molecule is CCN(CC(C)(C)CS)c1ccc(F)cc1. The Kier molecular flexibility index (Phi) is 4.66. The molecule has 1 aromatic carbocycles. The van der Waals surface area contributed by atoms with Gasteiger partial charge in [0.05, 0.1) is 0 Å². The Hall–Kier alpha value is -0.700. The lowest BCUT2D eigenvalue weighted by atomic mass is 9.95. The lowest BCUT2D eigenvalue weighted by Gasteiger charge is -2.32. The fraction of sp³-hybridized carbons (Fsp3) is 0.538. The highest BCUT2D eigenvalue weighted by atomic mass is 32.1. The van der Waals surface area contributed by atoms with E-state index in [9.17, 15) is 4.39 Å². The van der Waals surface area contributed by atoms with Crippen molar-refractivity contribution < 1.29 is 4.39 Å². The second-order valence-corrected chi connectivity index (χ2v) is 5.13. The van der Waals surface area contributed by atoms with Crippen LogP contribution in [0.2, 0.25) is 0 Å². The average Bonchev–Trinajstić information content (AvgIpc) is 2.27. The molecule has 0 heterocycles. The molecule has 16 heavy (non-hydrogen) atoms. The van der Waals surface area contributed by atoms with E-state index in [4.69, 9.17) is 0 Å². The van der Waals surface area contributed by atoms with Gasteiger partial charge in [-0.2, -0.15) is 12.6 Å². The molecule has 0 spiro atoms. The maximum absolute atomic E-state index is 12.8. The van der Waals surface area contributed by atoms with Gasteiger partial charge in [0.1, 0.15) is 5.82 Å². The lowest BCUT2D eigenvalue weighted by molar-refractivity contribution is 0.423. The van der Waals surface area contributed by atoms with E-state index >= 15 is 0 Å². The molecule has 90 valence electrons. The van der Waals surface area contributed by atoms with Crippen LogP contribution in [0.15, 0.2) is 24.3 Å². The Morgan fingerprint density at radius 2 is 1.81 bits per heavy atom. The molecule has 0 amide bonds. The van der Waals surface area contributed by atoms with Crippen molar-refractivity contribution in [2.75, 3.05) is 23.7 Å². The number of benzene rings is 1. The first-order valence-corrected chi connectivity index (χ1v) is 6.23. The largest absolute Gasteiger partial charge is 0.371 e. The van der Waals surface area contributed by atoms with Crippen LogP contribution >= 0.6 is 12.6 Å². The van der Waals surface area contributed by atoms with Gasteiger partial charge in [-0.3, -0.25) is 0 Å². The monoisotopic (exact) mass is 241 g/mol. The van der Waals surface area contributed by atoms with Crippen molar-refractivity contribution >= 4 is 18.3 Å². The van der Waals surface area contributed by atoms with Crippen LogP contribution in [-0.4, -0.2) is 18.8 Å². The van der Waals surface area contributed by atoms with Gasteiger partial charge >= 0.3 is 0 Å². The van der Waals surface area contributed by atoms with Gasteiger partial charge in [0, 0.05) is 18.8 Å². The maximum atomic E-state index is 12.8. The number of thiol groups is 1. The highest BCUT2D eigenvalue weighted by molar-refractivity contribution is 7.80. The molecule has 0 bridgehead atoms. The zero-order valence-electron chi connectivity index (χ0n) is 10.2. The number of halogens is 1. The third-order valence-electron chi connectivity index (χ3n) is 2.62. The molecule has 0 radical (unpaired) electrons. The third kappa shape index (κ3) is 3.71. The number of nitrogens with zero attached hydrogens (tertiary/aromatic N) is 1. The molecule has 0 saturated heterocycles. The van der Waals surface area contributed by atoms with Crippen molar-refractivity contribution in [1.82, 2.24) is 0 Å². The van der Waals surface area contributed by atoms with Gasteiger partial charge in [-0.1, -0.05) is 13.8 Å². The van der Waals surface area contributed by atoms with Crippen molar-refractivity contribution in [3.8, 4) is 0 Å². The minimum Gasteiger partial charge on any atom is -0.371 e. The number of hydrogen-bond donors (Lipinski definition) is 1. The Balaban J connectivity index is 2.78. The summed E-state index contributed by atoms with van der Waals surface area (Å²) in [6, 6.07) is 6.66. The van der Waals surface area contributed by atoms with Crippen LogP contribution in [0.25, 0.3) is 0 Å². The maximum Gasteiger partial charge on any atom is 0.123 e. The Labute approximate surface area is 103 Å². The quantitative estimate of drug-likeness (QED) is 0.771. The van der Waals surface area contributed by atoms with E-state index in [0.717, 1.165) is 24.5 Å². The van der Waals surface area contributed by atoms with E-state index in [0.29, 0.717) is 0 Å². The van der Waals surface area contributed by atoms with Gasteiger partial charge in [0.2, 0.25) is 0 Å². The average molecular weight is 241 g/mol. The molecule has 1 nitrogen and oxygen atoms in total. The fourth-order valence-electron chi connectivity index (χ4n) is 1.60. The first-order valence-electron chi connectivity index (χ1n) is 5.60. The van der Waals surface area contributed by atoms with Crippen LogP contribution in [0.4, 0.5) is 10.1 Å². The predicted octanol–water partition coefficient (Wildman–Crippen LogP) is 3.61. The van der Waals surface area contributed by atoms with Crippen molar-refractivity contribution in [1.29, 1.82) is 0 Å². The smallest absolute Gasteiger partial charge is 0.123 e. The summed E-state index contributed by atoms with van der Waals surface area (Å²) in [4.78, 5) is 2.25. The summed E-state index contributed by atoms with van der Waals surface area (Å²) >= 11 is 4.36. The molecule has 0 aromatic heterocycles. The van der Waals surface area contributed by atoms with Crippen LogP contribution in [-0.2, 0) is 0 Å². The Morgan fingerprint density at radius 3 is 2.25 bits per heavy atom. The van der Waals surface area contributed by atoms with E-state index in [1.165, 1.54) is 12.1 Å². The van der Waals surface area contributed by atoms with Crippen LogP contribution < -0.4 is 4.90 Å². The molecule has 3 heteroatoms. The topological polar surface area (TPSA) is 3.24 Å². The fourth-order valence-corrected chi connectivity index (χ4v) is 1.70. The summed E-state index contributed by atoms with van der Waals surface area (Å²) in [6.45, 7) is 8.33. The standard InChI is InChI=1S/C13H20FNS/c1-4-15(9-13(2,3)10-16)12-7-5-11(14)6-8-12/h5-8,16H,4,9-10H2,1-3H3. The molecule has 1 rings (SSSR count). The van der Waals surface area contributed by atoms with E-state index in [1.807, 2.05) is 12.1 Å². The highest BCUT2D eigenvalue weighted by Gasteiger charge is 2.19. The zero-order valence-corrected chi connectivity index (χ0v) is 11.1. The number of rotatable bonds is 5. The molecule has 1 aromatic rings. The van der Waals surface area contributed by atoms with Crippen molar-refractivity contribution in [3.63, 3.8) is 0 Å². The second kappa shape index (κ2) is 5.58. The van der Waals surface area contributed by atoms with Gasteiger partial charge in [-0.05, 0) is 42.4 Å². The van der Waals surface area contributed by atoms with Crippen molar-refractivity contribution in [3.05, 3.63) is 30.1 Å². The van der Waals surface area contributed by atoms with Gasteiger partial charge < -0.3 is 4.90 Å². The summed E-state index contributed by atoms with van der Waals surface area (Å²) in [5.74, 6) is 0.651. The summed E-state index contributed by atoms with van der Waals surface area (Å²) in [7, 11) is 0. The Morgan fingerprint density at radius 1 is 1.25 bits per heavy atom. The van der Waals surface area contributed by atoms with E-state index in [2.05, 4.69) is 38.3 Å². The zero-order chi connectivity index (χ0) is 12.2. The molecule has 0 aliphatic rings. The predicted molar refractivity (Wildman–Crippen MR) is 71.9 cm³/mol. The first kappa shape index (κ1) is 13.4. The Bertz CT molecular complexity index is 321. The van der Waals surface area contributed by atoms with Crippen molar-refractivity contribution in [2.24, 2.45) is 5.41 Å². The normalized spacial score (nSPS) is 11.6. The summed E-state index contributed by atoms with van der Waals surface area (Å²) in [5, 5.41) is 0. The van der Waals surface area contributed by atoms with Gasteiger partial charge in [0.15, 0.2) is 0 Å². The highest BCUT2D eigenvalue weighted by Crippen LogP contribution is 2.23. The van der Waals surface area contributed by atoms with Crippen LogP contribution in [0.5, 0.6) is 0 Å². The van der Waals surface area contributed by atoms with Crippen LogP contribution in [0.1, 0.15) is 20.8 Å². The van der Waals surface area contributed by atoms with E-state index in [1.54, 1.807) is 0 Å². The van der Waals surface area contributed by atoms with Crippen LogP contribution in [0.3, 0.4) is 0 Å². The van der Waals surface area contributed by atoms with Gasteiger partial charge in [-0.15, -0.1) is 0 Å². The molecule has 0 unspecified atom stereocenters. The van der Waals surface area contributed by atoms with E-state index < -0.39 is 0 Å². The van der Waals surface area contributed by atoms with E-state index in [-0.39, 0.29) is 11.2 Å². The molecule has 0 atom stereocenters. The molecule has 0 fully saturated rings. The summed E-state index contributed by atoms with van der Waals surface area (Å²) in [5.41, 5.74) is 1.23. The number of anilines is 1. The molecular weight excluding hydrogens is 221 g/mol. The van der Waals surface area contributed by atoms with Gasteiger partial charge in [-0.25, -0.2) is 4.39 Å². The number of hydrogen-bond acceptors (Lipinski definition) is 2. The molecule has 0 aliphatic heterocycles. The minimum atomic E-state index is -0.187. The minimum absolute atomic E-state index is 0.160. The summed E-state index contributed by atoms with van der Waals surface area (Å²) in [6.07, 6.45) is 0. The third-order valence-corrected chi connectivity index (χ3v) is 3.48. The summed E-state index contributed by atoms with van der Waals surface area (Å²) < 4.78 is 12.8. The lowest BCUT2D eigenvalue weighted by Crippen LogP contribution is -2.35. The van der Waals surface area contributed by atoms with Crippen molar-refractivity contribution in [2.45, 2.75) is 20.8 Å². The van der Waals surface area contributed by atoms with Gasteiger partial charge in [0.25, 0.3) is 0 Å². The molecule has 0 saturated carbocycles. The molecule has 0 aliphatic carbocycles. The molecular formula is C13H20FNS. The van der Waals surface area contributed by atoms with Crippen LogP contribution in [0, 0.1) is 11.2 Å². The second-order valence-electron chi connectivity index (χ2n) is 4.81.